The minimum absolute atomic E-state index is 0.117. The van der Waals surface area contributed by atoms with Gasteiger partial charge in [0.25, 0.3) is 0 Å². The molecule has 0 radical (unpaired) electrons. The lowest BCUT2D eigenvalue weighted by Gasteiger charge is -2.36. The fourth-order valence-electron chi connectivity index (χ4n) is 3.65. The van der Waals surface area contributed by atoms with E-state index >= 15 is 0 Å². The molecule has 0 aromatic heterocycles. The van der Waals surface area contributed by atoms with Crippen LogP contribution in [0.4, 0.5) is 0 Å². The van der Waals surface area contributed by atoms with Crippen molar-refractivity contribution in [3.8, 4) is 0 Å². The summed E-state index contributed by atoms with van der Waals surface area (Å²) in [5.41, 5.74) is 2.63. The molecule has 148 valence electrons. The van der Waals surface area contributed by atoms with E-state index in [0.717, 1.165) is 44.3 Å². The van der Waals surface area contributed by atoms with E-state index in [0.29, 0.717) is 17.7 Å². The molecule has 2 aliphatic rings. The SMILES string of the molecule is CCNC(=NCC(=O)N1CCc2ccccc2C1)N1CCSC(C(C)C)C1. The van der Waals surface area contributed by atoms with Gasteiger partial charge in [-0.05, 0) is 30.4 Å². The van der Waals surface area contributed by atoms with E-state index < -0.39 is 0 Å². The molecule has 0 bridgehead atoms. The zero-order valence-electron chi connectivity index (χ0n) is 16.8. The molecule has 1 aromatic rings. The summed E-state index contributed by atoms with van der Waals surface area (Å²) in [6, 6.07) is 8.41. The van der Waals surface area contributed by atoms with Gasteiger partial charge in [-0.25, -0.2) is 4.99 Å². The Hall–Kier alpha value is -1.69. The Balaban J connectivity index is 1.62. The van der Waals surface area contributed by atoms with Gasteiger partial charge in [0, 0.05) is 43.7 Å². The summed E-state index contributed by atoms with van der Waals surface area (Å²) in [6.07, 6.45) is 0.936. The zero-order valence-corrected chi connectivity index (χ0v) is 17.6. The molecular weight excluding hydrogens is 356 g/mol. The Kier molecular flexibility index (Phi) is 7.05. The van der Waals surface area contributed by atoms with Gasteiger partial charge < -0.3 is 15.1 Å². The van der Waals surface area contributed by atoms with Crippen LogP contribution in [0.25, 0.3) is 0 Å². The number of nitrogens with zero attached hydrogens (tertiary/aromatic N) is 3. The highest BCUT2D eigenvalue weighted by molar-refractivity contribution is 8.00. The van der Waals surface area contributed by atoms with Crippen LogP contribution in [0.3, 0.4) is 0 Å². The van der Waals surface area contributed by atoms with Crippen LogP contribution in [0.5, 0.6) is 0 Å². The lowest BCUT2D eigenvalue weighted by atomic mass is 10.00. The molecule has 1 N–H and O–H groups in total. The molecule has 3 rings (SSSR count). The van der Waals surface area contributed by atoms with Gasteiger partial charge in [0.15, 0.2) is 5.96 Å². The van der Waals surface area contributed by atoms with Crippen molar-refractivity contribution in [2.24, 2.45) is 10.9 Å². The van der Waals surface area contributed by atoms with Gasteiger partial charge in [-0.1, -0.05) is 38.1 Å². The number of hydrogen-bond donors (Lipinski definition) is 1. The quantitative estimate of drug-likeness (QED) is 0.636. The summed E-state index contributed by atoms with van der Waals surface area (Å²) in [7, 11) is 0. The van der Waals surface area contributed by atoms with E-state index in [-0.39, 0.29) is 12.5 Å². The van der Waals surface area contributed by atoms with Gasteiger partial charge in [0.05, 0.1) is 0 Å². The Labute approximate surface area is 167 Å². The maximum atomic E-state index is 12.7. The Bertz CT molecular complexity index is 676. The maximum Gasteiger partial charge on any atom is 0.244 e. The van der Waals surface area contributed by atoms with E-state index in [9.17, 15) is 4.79 Å². The monoisotopic (exact) mass is 388 g/mol. The topological polar surface area (TPSA) is 47.9 Å². The molecular formula is C21H32N4OS. The molecule has 1 fully saturated rings. The van der Waals surface area contributed by atoms with E-state index in [2.05, 4.69) is 60.9 Å². The van der Waals surface area contributed by atoms with Gasteiger partial charge in [-0.3, -0.25) is 4.79 Å². The highest BCUT2D eigenvalue weighted by Gasteiger charge is 2.25. The summed E-state index contributed by atoms with van der Waals surface area (Å²) in [6.45, 7) is 11.2. The molecule has 0 saturated carbocycles. The third-order valence-corrected chi connectivity index (χ3v) is 6.86. The molecule has 1 atom stereocenters. The van der Waals surface area contributed by atoms with E-state index in [1.165, 1.54) is 11.1 Å². The van der Waals surface area contributed by atoms with Crippen LogP contribution in [0, 0.1) is 5.92 Å². The molecule has 27 heavy (non-hydrogen) atoms. The van der Waals surface area contributed by atoms with Crippen molar-refractivity contribution in [3.05, 3.63) is 35.4 Å². The van der Waals surface area contributed by atoms with Crippen LogP contribution in [0.15, 0.2) is 29.3 Å². The standard InChI is InChI=1S/C21H32N4OS/c1-4-22-21(25-11-12-27-19(15-25)16(2)3)23-13-20(26)24-10-9-17-7-5-6-8-18(17)14-24/h5-8,16,19H,4,9-15H2,1-3H3,(H,22,23). The Morgan fingerprint density at radius 2 is 2.04 bits per heavy atom. The molecule has 1 unspecified atom stereocenters. The van der Waals surface area contributed by atoms with Crippen LogP contribution >= 0.6 is 11.8 Å². The third-order valence-electron chi connectivity index (χ3n) is 5.32. The number of aliphatic imine (C=N–C) groups is 1. The summed E-state index contributed by atoms with van der Waals surface area (Å²) in [4.78, 5) is 21.7. The fourth-order valence-corrected chi connectivity index (χ4v) is 4.95. The molecule has 5 nitrogen and oxygen atoms in total. The molecule has 0 spiro atoms. The van der Waals surface area contributed by atoms with Gasteiger partial charge >= 0.3 is 0 Å². The fraction of sp³-hybridized carbons (Fsp3) is 0.619. The van der Waals surface area contributed by atoms with Crippen molar-refractivity contribution in [2.45, 2.75) is 39.0 Å². The number of benzene rings is 1. The molecule has 0 aliphatic carbocycles. The van der Waals surface area contributed by atoms with Crippen LogP contribution in [-0.2, 0) is 17.8 Å². The van der Waals surface area contributed by atoms with Crippen molar-refractivity contribution in [1.82, 2.24) is 15.1 Å². The average Bonchev–Trinajstić information content (AvgIpc) is 2.70. The number of nitrogens with one attached hydrogen (secondary N) is 1. The lowest BCUT2D eigenvalue weighted by molar-refractivity contribution is -0.130. The highest BCUT2D eigenvalue weighted by atomic mass is 32.2. The Morgan fingerprint density at radius 1 is 1.26 bits per heavy atom. The van der Waals surface area contributed by atoms with Crippen molar-refractivity contribution >= 4 is 23.6 Å². The van der Waals surface area contributed by atoms with Crippen molar-refractivity contribution in [1.29, 1.82) is 0 Å². The smallest absolute Gasteiger partial charge is 0.244 e. The van der Waals surface area contributed by atoms with Gasteiger partial charge in [0.2, 0.25) is 5.91 Å². The molecule has 1 amide bonds. The predicted molar refractivity (Wildman–Crippen MR) is 114 cm³/mol. The number of thioether (sulfide) groups is 1. The summed E-state index contributed by atoms with van der Waals surface area (Å²) in [5.74, 6) is 2.76. The molecule has 2 aliphatic heterocycles. The summed E-state index contributed by atoms with van der Waals surface area (Å²) >= 11 is 2.05. The van der Waals surface area contributed by atoms with Crippen molar-refractivity contribution < 1.29 is 4.79 Å². The predicted octanol–water partition coefficient (Wildman–Crippen LogP) is 2.61. The summed E-state index contributed by atoms with van der Waals surface area (Å²) < 4.78 is 0. The van der Waals surface area contributed by atoms with Crippen molar-refractivity contribution in [3.63, 3.8) is 0 Å². The van der Waals surface area contributed by atoms with E-state index in [1.807, 2.05) is 11.0 Å². The first-order valence-corrected chi connectivity index (χ1v) is 11.1. The third kappa shape index (κ3) is 5.18. The molecule has 1 saturated heterocycles. The number of guanidine groups is 1. The minimum atomic E-state index is 0.117. The first kappa shape index (κ1) is 20.1. The highest BCUT2D eigenvalue weighted by Crippen LogP contribution is 2.25. The number of hydrogen-bond acceptors (Lipinski definition) is 3. The summed E-state index contributed by atoms with van der Waals surface area (Å²) in [5, 5.41) is 4.00. The van der Waals surface area contributed by atoms with Crippen LogP contribution < -0.4 is 5.32 Å². The average molecular weight is 389 g/mol. The second-order valence-corrected chi connectivity index (χ2v) is 8.95. The second-order valence-electron chi connectivity index (χ2n) is 7.60. The van der Waals surface area contributed by atoms with E-state index in [1.54, 1.807) is 0 Å². The first-order valence-electron chi connectivity index (χ1n) is 10.1. The van der Waals surface area contributed by atoms with Crippen LogP contribution in [0.2, 0.25) is 0 Å². The largest absolute Gasteiger partial charge is 0.357 e. The number of carbonyl (C=O) groups is 1. The second kappa shape index (κ2) is 9.49. The van der Waals surface area contributed by atoms with Crippen molar-refractivity contribution in [2.75, 3.05) is 38.5 Å². The molecule has 2 heterocycles. The maximum absolute atomic E-state index is 12.7. The number of carbonyl (C=O) groups excluding carboxylic acids is 1. The molecule has 1 aromatic carbocycles. The van der Waals surface area contributed by atoms with Gasteiger partial charge in [-0.15, -0.1) is 0 Å². The number of rotatable bonds is 4. The van der Waals surface area contributed by atoms with Crippen LogP contribution in [0.1, 0.15) is 31.9 Å². The zero-order chi connectivity index (χ0) is 19.2. The first-order chi connectivity index (χ1) is 13.1. The number of amides is 1. The normalized spacial score (nSPS) is 20.6. The van der Waals surface area contributed by atoms with Gasteiger partial charge in [-0.2, -0.15) is 11.8 Å². The molecule has 6 heteroatoms. The minimum Gasteiger partial charge on any atom is -0.357 e. The van der Waals surface area contributed by atoms with Gasteiger partial charge in [0.1, 0.15) is 6.54 Å². The van der Waals surface area contributed by atoms with Crippen LogP contribution in [-0.4, -0.2) is 65.4 Å². The number of fused-ring (bicyclic) bond motifs is 1. The Morgan fingerprint density at radius 3 is 2.78 bits per heavy atom. The lowest BCUT2D eigenvalue weighted by Crippen LogP contribution is -2.49. The van der Waals surface area contributed by atoms with E-state index in [4.69, 9.17) is 4.99 Å².